The van der Waals surface area contributed by atoms with E-state index in [1.807, 2.05) is 13.0 Å². The Morgan fingerprint density at radius 3 is 2.46 bits per heavy atom. The van der Waals surface area contributed by atoms with Crippen molar-refractivity contribution in [2.24, 2.45) is 0 Å². The van der Waals surface area contributed by atoms with Crippen LogP contribution < -0.4 is 0 Å². The summed E-state index contributed by atoms with van der Waals surface area (Å²) in [5.74, 6) is 0. The summed E-state index contributed by atoms with van der Waals surface area (Å²) in [5.41, 5.74) is 2.91. The second kappa shape index (κ2) is 6.15. The summed E-state index contributed by atoms with van der Waals surface area (Å²) in [6, 6.07) is 12.1. The molecule has 4 aromatic rings. The highest BCUT2D eigenvalue weighted by atomic mass is 32.2. The van der Waals surface area contributed by atoms with E-state index in [1.54, 1.807) is 48.8 Å². The number of pyridine rings is 1. The molecule has 0 spiro atoms. The van der Waals surface area contributed by atoms with Crippen molar-refractivity contribution >= 4 is 33.3 Å². The van der Waals surface area contributed by atoms with Crippen LogP contribution in [-0.4, -0.2) is 27.3 Å². The lowest BCUT2D eigenvalue weighted by atomic mass is 10.1. The van der Waals surface area contributed by atoms with Crippen molar-refractivity contribution in [3.05, 3.63) is 71.4 Å². The van der Waals surface area contributed by atoms with Crippen LogP contribution in [0.4, 0.5) is 0 Å². The number of aryl methyl sites for hydroxylation is 1. The van der Waals surface area contributed by atoms with Gasteiger partial charge in [-0.3, -0.25) is 0 Å². The molecule has 130 valence electrons. The van der Waals surface area contributed by atoms with Gasteiger partial charge in [-0.1, -0.05) is 17.7 Å². The van der Waals surface area contributed by atoms with Crippen molar-refractivity contribution in [3.8, 4) is 11.3 Å². The van der Waals surface area contributed by atoms with Gasteiger partial charge in [-0.05, 0) is 49.5 Å². The molecule has 0 radical (unpaired) electrons. The number of H-pyrrole nitrogens is 1. The summed E-state index contributed by atoms with van der Waals surface area (Å²) in [5, 5.41) is 0.708. The number of fused-ring (bicyclic) bond motifs is 1. The molecule has 0 fully saturated rings. The van der Waals surface area contributed by atoms with Gasteiger partial charge < -0.3 is 4.98 Å². The fourth-order valence-electron chi connectivity index (χ4n) is 2.79. The molecule has 0 aliphatic rings. The first-order chi connectivity index (χ1) is 12.5. The SMILES string of the molecule is Cc1ccc(S(=O)(=O)n2ccc3c(-c4ccnc(=S)[nH]4)ccnc32)cc1. The first-order valence-corrected chi connectivity index (χ1v) is 9.66. The van der Waals surface area contributed by atoms with Gasteiger partial charge in [0.15, 0.2) is 10.4 Å². The van der Waals surface area contributed by atoms with Gasteiger partial charge in [0.2, 0.25) is 0 Å². The molecule has 0 atom stereocenters. The van der Waals surface area contributed by atoms with Gasteiger partial charge in [0.1, 0.15) is 0 Å². The minimum atomic E-state index is -3.74. The largest absolute Gasteiger partial charge is 0.330 e. The van der Waals surface area contributed by atoms with Crippen LogP contribution in [-0.2, 0) is 10.0 Å². The fraction of sp³-hybridized carbons (Fsp3) is 0.0556. The maximum atomic E-state index is 13.0. The zero-order chi connectivity index (χ0) is 18.3. The Kier molecular flexibility index (Phi) is 3.93. The maximum Gasteiger partial charge on any atom is 0.269 e. The predicted octanol–water partition coefficient (Wildman–Crippen LogP) is 3.70. The lowest BCUT2D eigenvalue weighted by molar-refractivity contribution is 0.588. The van der Waals surface area contributed by atoms with Crippen molar-refractivity contribution in [1.29, 1.82) is 0 Å². The van der Waals surface area contributed by atoms with Gasteiger partial charge in [0.25, 0.3) is 10.0 Å². The molecule has 4 rings (SSSR count). The number of hydrogen-bond acceptors (Lipinski definition) is 5. The third-order valence-corrected chi connectivity index (χ3v) is 5.98. The lowest BCUT2D eigenvalue weighted by Crippen LogP contribution is -2.12. The molecule has 3 aromatic heterocycles. The third-order valence-electron chi connectivity index (χ3n) is 4.10. The molecular formula is C18H14N4O2S2. The quantitative estimate of drug-likeness (QED) is 0.547. The predicted molar refractivity (Wildman–Crippen MR) is 102 cm³/mol. The van der Waals surface area contributed by atoms with E-state index in [-0.39, 0.29) is 4.90 Å². The topological polar surface area (TPSA) is 80.6 Å². The Bertz CT molecular complexity index is 1270. The van der Waals surface area contributed by atoms with E-state index in [2.05, 4.69) is 15.0 Å². The lowest BCUT2D eigenvalue weighted by Gasteiger charge is -2.08. The highest BCUT2D eigenvalue weighted by Gasteiger charge is 2.20. The van der Waals surface area contributed by atoms with Crippen LogP contribution in [0.5, 0.6) is 0 Å². The molecule has 1 N–H and O–H groups in total. The Morgan fingerprint density at radius 2 is 1.73 bits per heavy atom. The number of benzene rings is 1. The summed E-state index contributed by atoms with van der Waals surface area (Å²) in [6.45, 7) is 1.91. The number of nitrogens with one attached hydrogen (secondary N) is 1. The Morgan fingerprint density at radius 1 is 1.00 bits per heavy atom. The van der Waals surface area contributed by atoms with Crippen LogP contribution in [0.25, 0.3) is 22.3 Å². The van der Waals surface area contributed by atoms with Crippen LogP contribution >= 0.6 is 12.2 Å². The second-order valence-corrected chi connectivity index (χ2v) is 8.02. The van der Waals surface area contributed by atoms with Crippen molar-refractivity contribution in [3.63, 3.8) is 0 Å². The normalized spacial score (nSPS) is 11.7. The van der Waals surface area contributed by atoms with Gasteiger partial charge in [-0.15, -0.1) is 0 Å². The first-order valence-electron chi connectivity index (χ1n) is 7.81. The molecule has 0 amide bonds. The van der Waals surface area contributed by atoms with E-state index in [4.69, 9.17) is 12.2 Å². The summed E-state index contributed by atoms with van der Waals surface area (Å²) in [7, 11) is -3.74. The van der Waals surface area contributed by atoms with Crippen molar-refractivity contribution in [2.45, 2.75) is 11.8 Å². The fourth-order valence-corrected chi connectivity index (χ4v) is 4.27. The number of aromatic amines is 1. The van der Waals surface area contributed by atoms with Crippen molar-refractivity contribution in [1.82, 2.24) is 18.9 Å². The Balaban J connectivity index is 1.92. The van der Waals surface area contributed by atoms with Crippen LogP contribution in [0.3, 0.4) is 0 Å². The molecule has 0 unspecified atom stereocenters. The highest BCUT2D eigenvalue weighted by Crippen LogP contribution is 2.28. The maximum absolute atomic E-state index is 13.0. The van der Waals surface area contributed by atoms with Crippen LogP contribution in [0.2, 0.25) is 0 Å². The zero-order valence-electron chi connectivity index (χ0n) is 13.7. The smallest absolute Gasteiger partial charge is 0.269 e. The van der Waals surface area contributed by atoms with Crippen molar-refractivity contribution in [2.75, 3.05) is 0 Å². The molecule has 3 heterocycles. The molecule has 0 aliphatic carbocycles. The third kappa shape index (κ3) is 2.73. The molecule has 8 heteroatoms. The zero-order valence-corrected chi connectivity index (χ0v) is 15.4. The summed E-state index contributed by atoms with van der Waals surface area (Å²) < 4.78 is 27.6. The Labute approximate surface area is 155 Å². The van der Waals surface area contributed by atoms with E-state index < -0.39 is 10.0 Å². The van der Waals surface area contributed by atoms with Gasteiger partial charge >= 0.3 is 0 Å². The van der Waals surface area contributed by atoms with Crippen LogP contribution in [0.1, 0.15) is 5.56 Å². The molecule has 0 aliphatic heterocycles. The minimum Gasteiger partial charge on any atom is -0.330 e. The summed E-state index contributed by atoms with van der Waals surface area (Å²) in [4.78, 5) is 11.5. The molecule has 0 saturated heterocycles. The number of hydrogen-bond donors (Lipinski definition) is 1. The van der Waals surface area contributed by atoms with E-state index in [0.717, 1.165) is 16.8 Å². The summed E-state index contributed by atoms with van der Waals surface area (Å²) >= 11 is 5.08. The molecular weight excluding hydrogens is 368 g/mol. The van der Waals surface area contributed by atoms with Crippen LogP contribution in [0, 0.1) is 11.7 Å². The molecule has 6 nitrogen and oxygen atoms in total. The van der Waals surface area contributed by atoms with Gasteiger partial charge in [0, 0.05) is 35.2 Å². The van der Waals surface area contributed by atoms with Gasteiger partial charge in [0.05, 0.1) is 4.90 Å². The van der Waals surface area contributed by atoms with Gasteiger partial charge in [-0.2, -0.15) is 0 Å². The van der Waals surface area contributed by atoms with Crippen LogP contribution in [0.15, 0.2) is 66.0 Å². The molecule has 0 saturated carbocycles. The number of rotatable bonds is 3. The first kappa shape index (κ1) is 16.6. The second-order valence-electron chi connectivity index (χ2n) is 5.81. The monoisotopic (exact) mass is 382 g/mol. The standard InChI is InChI=1S/C18H14N4O2S2/c1-12-2-4-13(5-3-12)26(23,24)22-11-8-15-14(6-9-19-17(15)22)16-7-10-20-18(25)21-16/h2-11H,1H3,(H,20,21,25). The average molecular weight is 382 g/mol. The number of nitrogens with zero attached hydrogens (tertiary/aromatic N) is 3. The van der Waals surface area contributed by atoms with E-state index in [0.29, 0.717) is 15.8 Å². The molecule has 1 aromatic carbocycles. The Hall–Kier alpha value is -2.84. The number of aromatic nitrogens is 4. The molecule has 0 bridgehead atoms. The highest BCUT2D eigenvalue weighted by molar-refractivity contribution is 7.90. The van der Waals surface area contributed by atoms with E-state index in [1.165, 1.54) is 10.2 Å². The minimum absolute atomic E-state index is 0.219. The van der Waals surface area contributed by atoms with E-state index >= 15 is 0 Å². The average Bonchev–Trinajstić information content (AvgIpc) is 3.07. The van der Waals surface area contributed by atoms with E-state index in [9.17, 15) is 8.42 Å². The van der Waals surface area contributed by atoms with Crippen molar-refractivity contribution < 1.29 is 8.42 Å². The molecule has 26 heavy (non-hydrogen) atoms. The van der Waals surface area contributed by atoms with Gasteiger partial charge in [-0.25, -0.2) is 22.4 Å². The summed E-state index contributed by atoms with van der Waals surface area (Å²) in [6.07, 6.45) is 4.71.